The molecule has 0 fully saturated rings. The quantitative estimate of drug-likeness (QED) is 0.807. The Labute approximate surface area is 111 Å². The van der Waals surface area contributed by atoms with Gasteiger partial charge < -0.3 is 10.1 Å². The minimum absolute atomic E-state index is 0.359. The maximum absolute atomic E-state index is 5.18. The molecule has 0 aliphatic heterocycles. The Balaban J connectivity index is 2.88. The van der Waals surface area contributed by atoms with E-state index in [1.54, 1.807) is 7.11 Å². The number of ether oxygens (including phenoxy) is 1. The van der Waals surface area contributed by atoms with E-state index in [0.717, 1.165) is 31.0 Å². The molecule has 102 valence electrons. The maximum atomic E-state index is 5.18. The van der Waals surface area contributed by atoms with Crippen LogP contribution >= 0.6 is 0 Å². The van der Waals surface area contributed by atoms with Crippen molar-refractivity contribution in [2.45, 2.75) is 40.2 Å². The summed E-state index contributed by atoms with van der Waals surface area (Å²) in [6.45, 7) is 10.3. The van der Waals surface area contributed by atoms with Gasteiger partial charge in [0.25, 0.3) is 0 Å². The van der Waals surface area contributed by atoms with Crippen molar-refractivity contribution in [2.75, 3.05) is 20.3 Å². The van der Waals surface area contributed by atoms with Crippen LogP contribution in [0.15, 0.2) is 12.1 Å². The van der Waals surface area contributed by atoms with E-state index in [9.17, 15) is 0 Å². The van der Waals surface area contributed by atoms with Gasteiger partial charge in [-0.15, -0.1) is 0 Å². The van der Waals surface area contributed by atoms with Gasteiger partial charge in [0, 0.05) is 31.1 Å². The molecule has 0 aromatic carbocycles. The highest BCUT2D eigenvalue weighted by Gasteiger charge is 2.20. The molecule has 3 nitrogen and oxygen atoms in total. The minimum Gasteiger partial charge on any atom is -0.385 e. The van der Waals surface area contributed by atoms with E-state index in [0.29, 0.717) is 12.0 Å². The van der Waals surface area contributed by atoms with Gasteiger partial charge in [-0.2, -0.15) is 0 Å². The van der Waals surface area contributed by atoms with Crippen molar-refractivity contribution < 1.29 is 4.74 Å². The summed E-state index contributed by atoms with van der Waals surface area (Å²) in [5, 5.41) is 3.57. The number of nitrogens with one attached hydrogen (secondary N) is 1. The first-order valence-corrected chi connectivity index (χ1v) is 6.76. The van der Waals surface area contributed by atoms with Crippen molar-refractivity contribution in [2.24, 2.45) is 5.92 Å². The largest absolute Gasteiger partial charge is 0.385 e. The Kier molecular flexibility index (Phi) is 6.30. The molecule has 0 amide bonds. The first-order valence-electron chi connectivity index (χ1n) is 6.76. The zero-order valence-corrected chi connectivity index (χ0v) is 12.3. The molecular formula is C15H26N2O. The van der Waals surface area contributed by atoms with Gasteiger partial charge in [-0.25, -0.2) is 0 Å². The second kappa shape index (κ2) is 7.49. The lowest BCUT2D eigenvalue weighted by molar-refractivity contribution is 0.170. The maximum Gasteiger partial charge on any atom is 0.0465 e. The summed E-state index contributed by atoms with van der Waals surface area (Å²) >= 11 is 0. The van der Waals surface area contributed by atoms with Crippen LogP contribution in [0.5, 0.6) is 0 Å². The van der Waals surface area contributed by atoms with E-state index in [1.807, 2.05) is 6.92 Å². The summed E-state index contributed by atoms with van der Waals surface area (Å²) in [5.41, 5.74) is 3.52. The Bertz CT molecular complexity index is 366. The van der Waals surface area contributed by atoms with Crippen molar-refractivity contribution >= 4 is 0 Å². The zero-order valence-electron chi connectivity index (χ0n) is 12.3. The highest BCUT2D eigenvalue weighted by Crippen LogP contribution is 2.26. The molecule has 0 radical (unpaired) electrons. The standard InChI is InChI=1S/C15H26N2O/c1-6-16-15(11(2)9-10-18-5)14-8-7-12(3)17-13(14)4/h7-8,11,15-16H,6,9-10H2,1-5H3. The van der Waals surface area contributed by atoms with E-state index < -0.39 is 0 Å². The van der Waals surface area contributed by atoms with Crippen LogP contribution in [-0.4, -0.2) is 25.2 Å². The lowest BCUT2D eigenvalue weighted by Gasteiger charge is -2.26. The van der Waals surface area contributed by atoms with Crippen LogP contribution in [0, 0.1) is 19.8 Å². The average Bonchev–Trinajstić information content (AvgIpc) is 2.34. The second-order valence-electron chi connectivity index (χ2n) is 4.92. The average molecular weight is 250 g/mol. The van der Waals surface area contributed by atoms with Crippen molar-refractivity contribution in [1.29, 1.82) is 0 Å². The van der Waals surface area contributed by atoms with Gasteiger partial charge in [0.15, 0.2) is 0 Å². The third kappa shape index (κ3) is 4.07. The van der Waals surface area contributed by atoms with E-state index in [4.69, 9.17) is 4.74 Å². The predicted molar refractivity (Wildman–Crippen MR) is 75.8 cm³/mol. The van der Waals surface area contributed by atoms with E-state index in [1.165, 1.54) is 5.56 Å². The summed E-state index contributed by atoms with van der Waals surface area (Å²) in [5.74, 6) is 0.535. The summed E-state index contributed by atoms with van der Waals surface area (Å²) in [7, 11) is 1.76. The summed E-state index contributed by atoms with van der Waals surface area (Å²) in [4.78, 5) is 4.57. The van der Waals surface area contributed by atoms with E-state index in [-0.39, 0.29) is 0 Å². The van der Waals surface area contributed by atoms with Crippen molar-refractivity contribution in [3.05, 3.63) is 29.1 Å². The summed E-state index contributed by atoms with van der Waals surface area (Å²) < 4.78 is 5.18. The fraction of sp³-hybridized carbons (Fsp3) is 0.667. The highest BCUT2D eigenvalue weighted by atomic mass is 16.5. The fourth-order valence-electron chi connectivity index (χ4n) is 2.33. The molecule has 0 saturated heterocycles. The molecule has 18 heavy (non-hydrogen) atoms. The first kappa shape index (κ1) is 15.1. The zero-order chi connectivity index (χ0) is 13.5. The number of hydrogen-bond donors (Lipinski definition) is 1. The molecule has 0 aliphatic rings. The van der Waals surface area contributed by atoms with Gasteiger partial charge in [0.1, 0.15) is 0 Å². The molecule has 2 unspecified atom stereocenters. The number of pyridine rings is 1. The molecule has 1 aromatic rings. The number of hydrogen-bond acceptors (Lipinski definition) is 3. The van der Waals surface area contributed by atoms with Crippen LogP contribution in [0.25, 0.3) is 0 Å². The third-order valence-corrected chi connectivity index (χ3v) is 3.37. The molecule has 2 atom stereocenters. The van der Waals surface area contributed by atoms with Gasteiger partial charge in [0.05, 0.1) is 0 Å². The lowest BCUT2D eigenvalue weighted by Crippen LogP contribution is -2.28. The SMILES string of the molecule is CCNC(c1ccc(C)nc1C)C(C)CCOC. The van der Waals surface area contributed by atoms with Gasteiger partial charge in [-0.05, 0) is 44.4 Å². The topological polar surface area (TPSA) is 34.2 Å². The summed E-state index contributed by atoms with van der Waals surface area (Å²) in [6, 6.07) is 4.66. The monoisotopic (exact) mass is 250 g/mol. The number of rotatable bonds is 7. The Morgan fingerprint density at radius 3 is 2.61 bits per heavy atom. The molecule has 1 heterocycles. The van der Waals surface area contributed by atoms with Crippen molar-refractivity contribution in [3.8, 4) is 0 Å². The van der Waals surface area contributed by atoms with Crippen LogP contribution < -0.4 is 5.32 Å². The smallest absolute Gasteiger partial charge is 0.0465 e. The highest BCUT2D eigenvalue weighted by molar-refractivity contribution is 5.25. The van der Waals surface area contributed by atoms with Gasteiger partial charge >= 0.3 is 0 Å². The van der Waals surface area contributed by atoms with E-state index >= 15 is 0 Å². The Hall–Kier alpha value is -0.930. The number of aromatic nitrogens is 1. The molecule has 1 N–H and O–H groups in total. The Morgan fingerprint density at radius 1 is 1.33 bits per heavy atom. The van der Waals surface area contributed by atoms with Crippen molar-refractivity contribution in [1.82, 2.24) is 10.3 Å². The van der Waals surface area contributed by atoms with Gasteiger partial charge in [0.2, 0.25) is 0 Å². The lowest BCUT2D eigenvalue weighted by atomic mass is 9.91. The Morgan fingerprint density at radius 2 is 2.06 bits per heavy atom. The molecular weight excluding hydrogens is 224 g/mol. The van der Waals surface area contributed by atoms with Crippen LogP contribution in [-0.2, 0) is 4.74 Å². The normalized spacial score (nSPS) is 14.5. The molecule has 0 bridgehead atoms. The number of methoxy groups -OCH3 is 1. The fourth-order valence-corrected chi connectivity index (χ4v) is 2.33. The number of nitrogens with zero attached hydrogens (tertiary/aromatic N) is 1. The van der Waals surface area contributed by atoms with Gasteiger partial charge in [-0.1, -0.05) is 19.9 Å². The molecule has 1 aromatic heterocycles. The third-order valence-electron chi connectivity index (χ3n) is 3.37. The molecule has 0 saturated carbocycles. The molecule has 3 heteroatoms. The molecule has 0 spiro atoms. The van der Waals surface area contributed by atoms with Crippen LogP contribution in [0.4, 0.5) is 0 Å². The second-order valence-corrected chi connectivity index (χ2v) is 4.92. The van der Waals surface area contributed by atoms with Crippen molar-refractivity contribution in [3.63, 3.8) is 0 Å². The van der Waals surface area contributed by atoms with E-state index in [2.05, 4.69) is 43.2 Å². The van der Waals surface area contributed by atoms with Crippen LogP contribution in [0.3, 0.4) is 0 Å². The van der Waals surface area contributed by atoms with Crippen LogP contribution in [0.2, 0.25) is 0 Å². The summed E-state index contributed by atoms with van der Waals surface area (Å²) in [6.07, 6.45) is 1.06. The van der Waals surface area contributed by atoms with Gasteiger partial charge in [-0.3, -0.25) is 4.98 Å². The first-order chi connectivity index (χ1) is 8.60. The predicted octanol–water partition coefficient (Wildman–Crippen LogP) is 3.02. The molecule has 1 rings (SSSR count). The minimum atomic E-state index is 0.359. The van der Waals surface area contributed by atoms with Crippen LogP contribution in [0.1, 0.15) is 43.3 Å². The number of aryl methyl sites for hydroxylation is 2. The molecule has 0 aliphatic carbocycles.